The molecular weight excluding hydrogens is 692 g/mol. The Bertz CT molecular complexity index is 978. The van der Waals surface area contributed by atoms with E-state index < -0.39 is 59.8 Å². The molecule has 52 heavy (non-hydrogen) atoms. The summed E-state index contributed by atoms with van der Waals surface area (Å²) < 4.78 is 58.7. The summed E-state index contributed by atoms with van der Waals surface area (Å²) in [5.74, 6) is -0.404. The van der Waals surface area contributed by atoms with Crippen LogP contribution in [0.4, 0.5) is 0 Å². The van der Waals surface area contributed by atoms with Gasteiger partial charge in [0, 0.05) is 13.0 Å². The lowest BCUT2D eigenvalue weighted by Crippen LogP contribution is -2.60. The smallest absolute Gasteiger partial charge is 0.397 e. The molecule has 1 aliphatic rings. The van der Waals surface area contributed by atoms with Gasteiger partial charge in [-0.05, 0) is 38.5 Å². The SMILES string of the molecule is CCCCCCCC/C=C\CCCCCCCCCC(=O)OC(COCCCCCCCCCC)COC1OC(CO)C(O)C(OS(=O)(=O)O)C1O. The summed E-state index contributed by atoms with van der Waals surface area (Å²) in [6, 6.07) is 0. The first kappa shape index (κ1) is 48.9. The van der Waals surface area contributed by atoms with E-state index in [0.717, 1.165) is 44.9 Å². The first-order valence-corrected chi connectivity index (χ1v) is 21.8. The van der Waals surface area contributed by atoms with E-state index in [9.17, 15) is 28.5 Å². The minimum atomic E-state index is -5.05. The van der Waals surface area contributed by atoms with Crippen LogP contribution in [0.2, 0.25) is 0 Å². The number of hydrogen-bond donors (Lipinski definition) is 4. The highest BCUT2D eigenvalue weighted by molar-refractivity contribution is 7.80. The summed E-state index contributed by atoms with van der Waals surface area (Å²) in [6.07, 6.45) is 22.6. The van der Waals surface area contributed by atoms with Crippen LogP contribution in [0, 0.1) is 0 Å². The predicted octanol–water partition coefficient (Wildman–Crippen LogP) is 7.52. The Morgan fingerprint density at radius 3 is 1.73 bits per heavy atom. The molecule has 1 rings (SSSR count). The maximum atomic E-state index is 12.8. The predicted molar refractivity (Wildman–Crippen MR) is 202 cm³/mol. The molecule has 1 heterocycles. The second-order valence-corrected chi connectivity index (χ2v) is 15.3. The molecule has 0 aromatic carbocycles. The Morgan fingerprint density at radius 1 is 0.712 bits per heavy atom. The Labute approximate surface area is 315 Å². The van der Waals surface area contributed by atoms with Gasteiger partial charge < -0.3 is 34.3 Å². The van der Waals surface area contributed by atoms with Gasteiger partial charge in [0.2, 0.25) is 0 Å². The van der Waals surface area contributed by atoms with Gasteiger partial charge in [0.1, 0.15) is 30.5 Å². The van der Waals surface area contributed by atoms with Gasteiger partial charge in [0.25, 0.3) is 0 Å². The van der Waals surface area contributed by atoms with E-state index in [2.05, 4.69) is 30.2 Å². The lowest BCUT2D eigenvalue weighted by atomic mass is 9.99. The van der Waals surface area contributed by atoms with Crippen molar-refractivity contribution < 1.29 is 56.2 Å². The maximum absolute atomic E-state index is 12.8. The van der Waals surface area contributed by atoms with Crippen LogP contribution in [-0.2, 0) is 38.3 Å². The van der Waals surface area contributed by atoms with Gasteiger partial charge in [-0.2, -0.15) is 8.42 Å². The van der Waals surface area contributed by atoms with E-state index in [1.165, 1.54) is 96.3 Å². The number of ether oxygens (including phenoxy) is 4. The van der Waals surface area contributed by atoms with Crippen LogP contribution < -0.4 is 0 Å². The van der Waals surface area contributed by atoms with E-state index >= 15 is 0 Å². The number of carbonyl (C=O) groups excluding carboxylic acids is 1. The first-order chi connectivity index (χ1) is 25.1. The van der Waals surface area contributed by atoms with Crippen LogP contribution in [0.25, 0.3) is 0 Å². The molecule has 4 N–H and O–H groups in total. The van der Waals surface area contributed by atoms with E-state index in [1.54, 1.807) is 0 Å². The van der Waals surface area contributed by atoms with Gasteiger partial charge in [-0.3, -0.25) is 9.35 Å². The van der Waals surface area contributed by atoms with Gasteiger partial charge in [-0.15, -0.1) is 0 Å². The van der Waals surface area contributed by atoms with Crippen molar-refractivity contribution in [3.8, 4) is 0 Å². The number of aliphatic hydroxyl groups is 3. The third-order valence-electron chi connectivity index (χ3n) is 9.39. The number of aliphatic hydroxyl groups excluding tert-OH is 3. The number of rotatable bonds is 35. The molecule has 0 spiro atoms. The second-order valence-electron chi connectivity index (χ2n) is 14.2. The molecule has 0 amide bonds. The first-order valence-electron chi connectivity index (χ1n) is 20.4. The Hall–Kier alpha value is -1.16. The summed E-state index contributed by atoms with van der Waals surface area (Å²) in [5.41, 5.74) is 0. The van der Waals surface area contributed by atoms with E-state index in [4.69, 9.17) is 23.5 Å². The highest BCUT2D eigenvalue weighted by atomic mass is 32.3. The maximum Gasteiger partial charge on any atom is 0.397 e. The van der Waals surface area contributed by atoms with Gasteiger partial charge >= 0.3 is 16.4 Å². The molecule has 0 aromatic rings. The Kier molecular flexibility index (Phi) is 30.2. The molecule has 6 atom stereocenters. The molecule has 1 saturated heterocycles. The lowest BCUT2D eigenvalue weighted by molar-refractivity contribution is -0.301. The highest BCUT2D eigenvalue weighted by Gasteiger charge is 2.48. The fourth-order valence-electron chi connectivity index (χ4n) is 6.25. The zero-order chi connectivity index (χ0) is 38.3. The lowest BCUT2D eigenvalue weighted by Gasteiger charge is -2.41. The Morgan fingerprint density at radius 2 is 1.21 bits per heavy atom. The molecule has 308 valence electrons. The molecule has 13 heteroatoms. The van der Waals surface area contributed by atoms with Gasteiger partial charge in [0.05, 0.1) is 19.8 Å². The molecule has 0 saturated carbocycles. The standard InChI is InChI=1S/C39H74O12S/c1-3-5-7-9-11-13-14-15-16-17-18-19-20-21-22-24-26-28-35(41)49-33(31-47-29-27-25-23-12-10-8-6-4-2)32-48-39-37(43)38(51-52(44,45)46)36(42)34(30-40)50-39/h15-16,33-34,36-40,42-43H,3-14,17-32H2,1-2H3,(H,44,45,46)/b16-15-. The molecular formula is C39H74O12S. The zero-order valence-electron chi connectivity index (χ0n) is 32.4. The van der Waals surface area contributed by atoms with Crippen LogP contribution in [0.1, 0.15) is 168 Å². The zero-order valence-corrected chi connectivity index (χ0v) is 33.2. The number of esters is 1. The molecule has 0 aliphatic carbocycles. The van der Waals surface area contributed by atoms with Gasteiger partial charge in [-0.25, -0.2) is 4.18 Å². The molecule has 1 fully saturated rings. The summed E-state index contributed by atoms with van der Waals surface area (Å²) in [4.78, 5) is 12.8. The quantitative estimate of drug-likeness (QED) is 0.0216. The fraction of sp³-hybridized carbons (Fsp3) is 0.923. The summed E-state index contributed by atoms with van der Waals surface area (Å²) in [5, 5.41) is 30.5. The average Bonchev–Trinajstić information content (AvgIpc) is 3.11. The van der Waals surface area contributed by atoms with E-state index in [1.807, 2.05) is 0 Å². The second kappa shape index (κ2) is 32.1. The van der Waals surface area contributed by atoms with Crippen molar-refractivity contribution in [2.24, 2.45) is 0 Å². The average molecular weight is 767 g/mol. The minimum Gasteiger partial charge on any atom is -0.457 e. The van der Waals surface area contributed by atoms with Crippen molar-refractivity contribution in [3.05, 3.63) is 12.2 Å². The van der Waals surface area contributed by atoms with Crippen LogP contribution in [0.15, 0.2) is 12.2 Å². The largest absolute Gasteiger partial charge is 0.457 e. The summed E-state index contributed by atoms with van der Waals surface area (Å²) in [6.45, 7) is 3.95. The van der Waals surface area contributed by atoms with E-state index in [-0.39, 0.29) is 19.6 Å². The van der Waals surface area contributed by atoms with Crippen LogP contribution in [-0.4, -0.2) is 97.5 Å². The van der Waals surface area contributed by atoms with Crippen molar-refractivity contribution in [2.75, 3.05) is 26.4 Å². The van der Waals surface area contributed by atoms with Crippen molar-refractivity contribution in [2.45, 2.75) is 205 Å². The van der Waals surface area contributed by atoms with Crippen molar-refractivity contribution >= 4 is 16.4 Å². The molecule has 0 radical (unpaired) electrons. The highest BCUT2D eigenvalue weighted by Crippen LogP contribution is 2.26. The molecule has 6 unspecified atom stereocenters. The van der Waals surface area contributed by atoms with Crippen LogP contribution in [0.3, 0.4) is 0 Å². The van der Waals surface area contributed by atoms with Crippen molar-refractivity contribution in [1.82, 2.24) is 0 Å². The summed E-state index contributed by atoms with van der Waals surface area (Å²) in [7, 11) is -5.05. The topological polar surface area (TPSA) is 178 Å². The monoisotopic (exact) mass is 766 g/mol. The normalized spacial score (nSPS) is 21.5. The Balaban J connectivity index is 2.43. The number of allylic oxidation sites excluding steroid dienone is 2. The minimum absolute atomic E-state index is 0.0380. The molecule has 0 bridgehead atoms. The van der Waals surface area contributed by atoms with Gasteiger partial charge in [0.15, 0.2) is 6.29 Å². The fourth-order valence-corrected chi connectivity index (χ4v) is 6.76. The van der Waals surface area contributed by atoms with Crippen LogP contribution in [0.5, 0.6) is 0 Å². The third kappa shape index (κ3) is 25.8. The van der Waals surface area contributed by atoms with Crippen LogP contribution >= 0.6 is 0 Å². The van der Waals surface area contributed by atoms with Gasteiger partial charge in [-0.1, -0.05) is 135 Å². The molecule has 12 nitrogen and oxygen atoms in total. The molecule has 1 aliphatic heterocycles. The van der Waals surface area contributed by atoms with E-state index in [0.29, 0.717) is 13.0 Å². The number of hydrogen-bond acceptors (Lipinski definition) is 11. The summed E-state index contributed by atoms with van der Waals surface area (Å²) >= 11 is 0. The van der Waals surface area contributed by atoms with Crippen molar-refractivity contribution in [1.29, 1.82) is 0 Å². The number of unbranched alkanes of at least 4 members (excludes halogenated alkanes) is 20. The third-order valence-corrected chi connectivity index (χ3v) is 9.85. The van der Waals surface area contributed by atoms with Crippen molar-refractivity contribution in [3.63, 3.8) is 0 Å². The number of carbonyl (C=O) groups is 1. The molecule has 0 aromatic heterocycles.